The van der Waals surface area contributed by atoms with Gasteiger partial charge in [0.25, 0.3) is 0 Å². The van der Waals surface area contributed by atoms with Crippen LogP contribution in [0.5, 0.6) is 0 Å². The molecule has 0 atom stereocenters. The van der Waals surface area contributed by atoms with Crippen LogP contribution in [0.3, 0.4) is 0 Å². The summed E-state index contributed by atoms with van der Waals surface area (Å²) >= 11 is 0. The van der Waals surface area contributed by atoms with E-state index in [2.05, 4.69) is 0 Å². The zero-order chi connectivity index (χ0) is 15.7. The Hall–Kier alpha value is 2.68. The SMILES string of the molecule is O.O.O.O=C([O-])CN(CCN(CC(=O)[O-])CC(=O)[O-])CC(=O)[O-].[Na+].[Na+].[Na+].[Na+].[Na+]. The molecule has 13 nitrogen and oxygen atoms in total. The Labute approximate surface area is 272 Å². The van der Waals surface area contributed by atoms with Gasteiger partial charge < -0.3 is 56.0 Å². The number of carbonyl (C=O) groups is 4. The first kappa shape index (κ1) is 57.5. The second-order valence-corrected chi connectivity index (χ2v) is 3.91. The zero-order valence-electron chi connectivity index (χ0n) is 16.9. The van der Waals surface area contributed by atoms with Crippen molar-refractivity contribution in [3.63, 3.8) is 0 Å². The van der Waals surface area contributed by atoms with E-state index in [9.17, 15) is 39.6 Å². The van der Waals surface area contributed by atoms with E-state index in [4.69, 9.17) is 0 Å². The van der Waals surface area contributed by atoms with E-state index in [1.165, 1.54) is 0 Å². The molecule has 0 amide bonds. The van der Waals surface area contributed by atoms with Gasteiger partial charge in [-0.05, 0) is 0 Å². The molecule has 0 unspecified atom stereocenters. The third kappa shape index (κ3) is 39.2. The summed E-state index contributed by atoms with van der Waals surface area (Å²) in [5, 5.41) is 41.6. The summed E-state index contributed by atoms with van der Waals surface area (Å²) in [5.41, 5.74) is 0. The van der Waals surface area contributed by atoms with Crippen LogP contribution in [0.25, 0.3) is 0 Å². The van der Waals surface area contributed by atoms with Crippen LogP contribution >= 0.6 is 0 Å². The molecule has 0 aliphatic rings. The van der Waals surface area contributed by atoms with Crippen molar-refractivity contribution in [2.45, 2.75) is 0 Å². The molecular formula is C10H18N2Na5O11+. The van der Waals surface area contributed by atoms with E-state index in [0.717, 1.165) is 9.80 Å². The number of carboxylic acids is 4. The minimum absolute atomic E-state index is 0. The van der Waals surface area contributed by atoms with Crippen LogP contribution in [0, 0.1) is 0 Å². The fourth-order valence-corrected chi connectivity index (χ4v) is 1.44. The summed E-state index contributed by atoms with van der Waals surface area (Å²) in [6, 6.07) is 0. The van der Waals surface area contributed by atoms with Crippen molar-refractivity contribution in [1.82, 2.24) is 9.80 Å². The molecule has 0 radical (unpaired) electrons. The average molecular weight is 457 g/mol. The van der Waals surface area contributed by atoms with Crippen LogP contribution in [-0.2, 0) is 19.2 Å². The van der Waals surface area contributed by atoms with E-state index < -0.39 is 50.1 Å². The molecule has 0 spiro atoms. The van der Waals surface area contributed by atoms with Crippen molar-refractivity contribution in [2.75, 3.05) is 39.3 Å². The van der Waals surface area contributed by atoms with Crippen LogP contribution in [0.1, 0.15) is 0 Å². The Morgan fingerprint density at radius 3 is 0.714 bits per heavy atom. The van der Waals surface area contributed by atoms with Gasteiger partial charge in [-0.1, -0.05) is 0 Å². The number of aliphatic carboxylic acids is 4. The fraction of sp³-hybridized carbons (Fsp3) is 0.600. The molecule has 0 aromatic heterocycles. The molecule has 0 aromatic rings. The number of hydrogen-bond donors (Lipinski definition) is 0. The van der Waals surface area contributed by atoms with Crippen molar-refractivity contribution in [1.29, 1.82) is 0 Å². The first-order valence-electron chi connectivity index (χ1n) is 5.44. The minimum Gasteiger partial charge on any atom is -0.549 e. The molecule has 0 aromatic carbocycles. The Morgan fingerprint density at radius 2 is 0.607 bits per heavy atom. The molecule has 0 rings (SSSR count). The number of carboxylic acid groups (broad SMARTS) is 4. The van der Waals surface area contributed by atoms with E-state index >= 15 is 0 Å². The Morgan fingerprint density at radius 1 is 0.464 bits per heavy atom. The number of hydrogen-bond acceptors (Lipinski definition) is 10. The topological polar surface area (TPSA) is 262 Å². The first-order chi connectivity index (χ1) is 9.20. The number of nitrogens with zero attached hydrogens (tertiary/aromatic N) is 2. The maximum absolute atomic E-state index is 10.4. The fourth-order valence-electron chi connectivity index (χ4n) is 1.44. The van der Waals surface area contributed by atoms with Gasteiger partial charge in [0.05, 0.1) is 23.9 Å². The van der Waals surface area contributed by atoms with E-state index in [0.29, 0.717) is 0 Å². The van der Waals surface area contributed by atoms with Gasteiger partial charge in [0.15, 0.2) is 0 Å². The van der Waals surface area contributed by atoms with Gasteiger partial charge in [-0.3, -0.25) is 9.80 Å². The van der Waals surface area contributed by atoms with Gasteiger partial charge in [-0.25, -0.2) is 0 Å². The molecule has 18 heteroatoms. The van der Waals surface area contributed by atoms with Crippen molar-refractivity contribution in [3.8, 4) is 0 Å². The molecule has 0 aliphatic carbocycles. The maximum Gasteiger partial charge on any atom is 1.00 e. The molecule has 0 aliphatic heterocycles. The summed E-state index contributed by atoms with van der Waals surface area (Å²) < 4.78 is 0. The Balaban J connectivity index is -0.0000000645. The van der Waals surface area contributed by atoms with Crippen LogP contribution in [0.15, 0.2) is 0 Å². The Kier molecular flexibility index (Phi) is 70.4. The molecule has 28 heavy (non-hydrogen) atoms. The summed E-state index contributed by atoms with van der Waals surface area (Å²) in [6.45, 7) is -3.25. The largest absolute Gasteiger partial charge is 1.00 e. The van der Waals surface area contributed by atoms with Gasteiger partial charge in [-0.15, -0.1) is 0 Å². The third-order valence-corrected chi connectivity index (χ3v) is 2.14. The number of rotatable bonds is 11. The van der Waals surface area contributed by atoms with Crippen molar-refractivity contribution in [2.24, 2.45) is 0 Å². The van der Waals surface area contributed by atoms with Gasteiger partial charge in [0.1, 0.15) is 0 Å². The molecular weight excluding hydrogens is 439 g/mol. The zero-order valence-corrected chi connectivity index (χ0v) is 26.9. The maximum atomic E-state index is 10.4. The van der Waals surface area contributed by atoms with Crippen LogP contribution < -0.4 is 168 Å². The molecule has 0 bridgehead atoms. The quantitative estimate of drug-likeness (QED) is 0.264. The molecule has 0 saturated heterocycles. The van der Waals surface area contributed by atoms with Crippen molar-refractivity contribution < 1.29 is 204 Å². The van der Waals surface area contributed by atoms with Gasteiger partial charge in [-0.2, -0.15) is 0 Å². The third-order valence-electron chi connectivity index (χ3n) is 2.14. The molecule has 0 saturated carbocycles. The molecule has 138 valence electrons. The van der Waals surface area contributed by atoms with Crippen molar-refractivity contribution in [3.05, 3.63) is 0 Å². The standard InChI is InChI=1S/C10H16N2O8.5Na.3H2O/c13-7(14)3-11(4-8(15)16)1-2-12(5-9(17)18)6-10(19)20;;;;;;;;/h1-6H2,(H,13,14)(H,15,16)(H,17,18)(H,19,20);;;;;;3*1H2/q;5*+1;;;/p-4. The van der Waals surface area contributed by atoms with Crippen molar-refractivity contribution >= 4 is 23.9 Å². The van der Waals surface area contributed by atoms with E-state index in [1.807, 2.05) is 0 Å². The van der Waals surface area contributed by atoms with E-state index in [1.54, 1.807) is 0 Å². The first-order valence-corrected chi connectivity index (χ1v) is 5.44. The van der Waals surface area contributed by atoms with Crippen LogP contribution in [0.2, 0.25) is 0 Å². The molecule has 0 heterocycles. The second-order valence-electron chi connectivity index (χ2n) is 3.91. The summed E-state index contributed by atoms with van der Waals surface area (Å²) in [5.74, 6) is -6.12. The number of carbonyl (C=O) groups excluding carboxylic acids is 4. The normalized spacial score (nSPS) is 7.64. The summed E-state index contributed by atoms with van der Waals surface area (Å²) in [7, 11) is 0. The van der Waals surface area contributed by atoms with Crippen LogP contribution in [-0.4, -0.2) is 89.4 Å². The van der Waals surface area contributed by atoms with Crippen LogP contribution in [0.4, 0.5) is 0 Å². The average Bonchev–Trinajstić information content (AvgIpc) is 2.22. The van der Waals surface area contributed by atoms with E-state index in [-0.39, 0.29) is 177 Å². The molecule has 6 N–H and O–H groups in total. The van der Waals surface area contributed by atoms with Gasteiger partial charge >= 0.3 is 148 Å². The predicted molar refractivity (Wildman–Crippen MR) is 63.7 cm³/mol. The smallest absolute Gasteiger partial charge is 0.549 e. The minimum atomic E-state index is -1.53. The summed E-state index contributed by atoms with van der Waals surface area (Å²) in [4.78, 5) is 43.4. The second kappa shape index (κ2) is 34.3. The Bertz CT molecular complexity index is 338. The summed E-state index contributed by atoms with van der Waals surface area (Å²) in [6.07, 6.45) is 0. The molecule has 0 fully saturated rings. The predicted octanol–water partition coefficient (Wildman–Crippen LogP) is -24.9. The monoisotopic (exact) mass is 457 g/mol. The van der Waals surface area contributed by atoms with Gasteiger partial charge in [0.2, 0.25) is 0 Å². The van der Waals surface area contributed by atoms with Gasteiger partial charge in [0, 0.05) is 39.3 Å².